The molecule has 0 spiro atoms. The molecule has 3 aromatic heterocycles. The highest BCUT2D eigenvalue weighted by atomic mass is 14.8. The van der Waals surface area contributed by atoms with Crippen molar-refractivity contribution in [3.63, 3.8) is 0 Å². The second-order valence-electron chi connectivity index (χ2n) is 4.90. The van der Waals surface area contributed by atoms with E-state index in [1.807, 2.05) is 36.4 Å². The normalized spacial score (nSPS) is 10.7. The van der Waals surface area contributed by atoms with Gasteiger partial charge in [0.2, 0.25) is 0 Å². The quantitative estimate of drug-likeness (QED) is 0.562. The maximum absolute atomic E-state index is 4.73. The molecule has 4 rings (SSSR count). The molecule has 0 fully saturated rings. The van der Waals surface area contributed by atoms with Gasteiger partial charge in [-0.3, -0.25) is 4.98 Å². The van der Waals surface area contributed by atoms with E-state index in [1.165, 1.54) is 6.33 Å². The smallest absolute Gasteiger partial charge is 0.116 e. The zero-order valence-corrected chi connectivity index (χ0v) is 11.7. The van der Waals surface area contributed by atoms with Crippen LogP contribution in [-0.4, -0.2) is 19.9 Å². The zero-order valence-electron chi connectivity index (χ0n) is 11.7. The molecule has 0 bridgehead atoms. The lowest BCUT2D eigenvalue weighted by Crippen LogP contribution is -1.92. The highest BCUT2D eigenvalue weighted by Gasteiger charge is 2.09. The van der Waals surface area contributed by atoms with Crippen LogP contribution in [0.4, 0.5) is 0 Å². The Labute approximate surface area is 127 Å². The zero-order chi connectivity index (χ0) is 14.8. The minimum Gasteiger partial charge on any atom is -0.265 e. The molecule has 0 saturated heterocycles. The molecule has 0 N–H and O–H groups in total. The average Bonchev–Trinajstić information content (AvgIpc) is 2.62. The van der Waals surface area contributed by atoms with Crippen LogP contribution in [0.15, 0.2) is 73.4 Å². The molecule has 0 amide bonds. The Morgan fingerprint density at radius 1 is 0.727 bits per heavy atom. The molecule has 1 aromatic carbocycles. The van der Waals surface area contributed by atoms with Gasteiger partial charge in [0.25, 0.3) is 0 Å². The van der Waals surface area contributed by atoms with Crippen LogP contribution in [0.5, 0.6) is 0 Å². The van der Waals surface area contributed by atoms with Crippen LogP contribution in [0.25, 0.3) is 33.4 Å². The number of hydrogen-bond donors (Lipinski definition) is 0. The molecule has 4 heteroatoms. The van der Waals surface area contributed by atoms with Crippen LogP contribution < -0.4 is 0 Å². The van der Waals surface area contributed by atoms with Crippen molar-refractivity contribution in [3.8, 4) is 22.5 Å². The number of rotatable bonds is 2. The summed E-state index contributed by atoms with van der Waals surface area (Å²) in [5, 5.41) is 1.12. The lowest BCUT2D eigenvalue weighted by molar-refractivity contribution is 1.16. The van der Waals surface area contributed by atoms with E-state index in [4.69, 9.17) is 4.98 Å². The summed E-state index contributed by atoms with van der Waals surface area (Å²) < 4.78 is 0. The molecule has 0 aliphatic heterocycles. The predicted octanol–water partition coefficient (Wildman–Crippen LogP) is 3.75. The topological polar surface area (TPSA) is 51.6 Å². The minimum atomic E-state index is 0.816. The SMILES string of the molecule is c1ccc2c(-c3ccncc3)cc(-c3ccncn3)nc2c1. The number of nitrogens with zero attached hydrogens (tertiary/aromatic N) is 4. The van der Waals surface area contributed by atoms with Gasteiger partial charge in [0, 0.05) is 24.0 Å². The second-order valence-corrected chi connectivity index (χ2v) is 4.90. The van der Waals surface area contributed by atoms with E-state index in [0.29, 0.717) is 0 Å². The molecule has 3 heterocycles. The summed E-state index contributed by atoms with van der Waals surface area (Å²) in [7, 11) is 0. The Bertz CT molecular complexity index is 921. The Hall–Kier alpha value is -3.14. The molecule has 22 heavy (non-hydrogen) atoms. The van der Waals surface area contributed by atoms with Crippen LogP contribution in [0.3, 0.4) is 0 Å². The highest BCUT2D eigenvalue weighted by molar-refractivity contribution is 5.96. The van der Waals surface area contributed by atoms with Gasteiger partial charge in [0.1, 0.15) is 6.33 Å². The van der Waals surface area contributed by atoms with E-state index in [1.54, 1.807) is 18.6 Å². The third kappa shape index (κ3) is 2.20. The van der Waals surface area contributed by atoms with Crippen LogP contribution >= 0.6 is 0 Å². The summed E-state index contributed by atoms with van der Waals surface area (Å²) in [6.07, 6.45) is 6.87. The number of para-hydroxylation sites is 1. The van der Waals surface area contributed by atoms with E-state index < -0.39 is 0 Å². The summed E-state index contributed by atoms with van der Waals surface area (Å²) in [4.78, 5) is 17.1. The first-order valence-corrected chi connectivity index (χ1v) is 6.98. The third-order valence-electron chi connectivity index (χ3n) is 3.55. The summed E-state index contributed by atoms with van der Waals surface area (Å²) in [6, 6.07) is 16.1. The molecule has 104 valence electrons. The molecule has 0 aliphatic rings. The second kappa shape index (κ2) is 5.33. The molecule has 0 unspecified atom stereocenters. The molecular weight excluding hydrogens is 272 g/mol. The van der Waals surface area contributed by atoms with Crippen LogP contribution in [0.1, 0.15) is 0 Å². The maximum atomic E-state index is 4.73. The van der Waals surface area contributed by atoms with Crippen molar-refractivity contribution >= 4 is 10.9 Å². The Balaban J connectivity index is 2.02. The molecule has 0 atom stereocenters. The van der Waals surface area contributed by atoms with Gasteiger partial charge in [-0.1, -0.05) is 18.2 Å². The summed E-state index contributed by atoms with van der Waals surface area (Å²) in [5.41, 5.74) is 4.85. The monoisotopic (exact) mass is 284 g/mol. The van der Waals surface area contributed by atoms with Gasteiger partial charge < -0.3 is 0 Å². The van der Waals surface area contributed by atoms with Gasteiger partial charge in [-0.15, -0.1) is 0 Å². The number of hydrogen-bond acceptors (Lipinski definition) is 4. The van der Waals surface area contributed by atoms with Gasteiger partial charge in [-0.2, -0.15) is 0 Å². The summed E-state index contributed by atoms with van der Waals surface area (Å²) in [5.74, 6) is 0. The van der Waals surface area contributed by atoms with Crippen molar-refractivity contribution in [1.29, 1.82) is 0 Å². The summed E-state index contributed by atoms with van der Waals surface area (Å²) in [6.45, 7) is 0. The van der Waals surface area contributed by atoms with Crippen LogP contribution in [0, 0.1) is 0 Å². The van der Waals surface area contributed by atoms with Gasteiger partial charge in [0.05, 0.1) is 16.9 Å². The average molecular weight is 284 g/mol. The third-order valence-corrected chi connectivity index (χ3v) is 3.55. The number of pyridine rings is 2. The highest BCUT2D eigenvalue weighted by Crippen LogP contribution is 2.30. The first-order valence-electron chi connectivity index (χ1n) is 6.98. The minimum absolute atomic E-state index is 0.816. The van der Waals surface area contributed by atoms with Crippen molar-refractivity contribution in [2.75, 3.05) is 0 Å². The number of benzene rings is 1. The molecule has 4 nitrogen and oxygen atoms in total. The van der Waals surface area contributed by atoms with Crippen molar-refractivity contribution in [2.45, 2.75) is 0 Å². The summed E-state index contributed by atoms with van der Waals surface area (Å²) >= 11 is 0. The predicted molar refractivity (Wildman–Crippen MR) is 86.0 cm³/mol. The van der Waals surface area contributed by atoms with Crippen molar-refractivity contribution < 1.29 is 0 Å². The fourth-order valence-electron chi connectivity index (χ4n) is 2.52. The lowest BCUT2D eigenvalue weighted by atomic mass is 10.0. The van der Waals surface area contributed by atoms with Gasteiger partial charge >= 0.3 is 0 Å². The van der Waals surface area contributed by atoms with Crippen LogP contribution in [-0.2, 0) is 0 Å². The molecule has 0 aliphatic carbocycles. The van der Waals surface area contributed by atoms with Gasteiger partial charge in [-0.05, 0) is 41.5 Å². The van der Waals surface area contributed by atoms with E-state index >= 15 is 0 Å². The molecule has 4 aromatic rings. The van der Waals surface area contributed by atoms with E-state index in [0.717, 1.165) is 33.4 Å². The van der Waals surface area contributed by atoms with Crippen LogP contribution in [0.2, 0.25) is 0 Å². The van der Waals surface area contributed by atoms with Gasteiger partial charge in [-0.25, -0.2) is 15.0 Å². The van der Waals surface area contributed by atoms with E-state index in [2.05, 4.69) is 27.1 Å². The van der Waals surface area contributed by atoms with Crippen molar-refractivity contribution in [1.82, 2.24) is 19.9 Å². The lowest BCUT2D eigenvalue weighted by Gasteiger charge is -2.09. The fourth-order valence-corrected chi connectivity index (χ4v) is 2.52. The maximum Gasteiger partial charge on any atom is 0.116 e. The number of aromatic nitrogens is 4. The van der Waals surface area contributed by atoms with E-state index in [-0.39, 0.29) is 0 Å². The Morgan fingerprint density at radius 3 is 2.36 bits per heavy atom. The van der Waals surface area contributed by atoms with Crippen molar-refractivity contribution in [2.24, 2.45) is 0 Å². The standard InChI is InChI=1S/C18H12N4/c1-2-4-16-14(3-1)15(13-5-8-19-9-6-13)11-18(22-16)17-7-10-20-12-21-17/h1-12H. The Morgan fingerprint density at radius 2 is 1.55 bits per heavy atom. The largest absolute Gasteiger partial charge is 0.265 e. The first-order chi connectivity index (χ1) is 10.9. The molecule has 0 radical (unpaired) electrons. The Kier molecular flexibility index (Phi) is 3.05. The van der Waals surface area contributed by atoms with Crippen molar-refractivity contribution in [3.05, 3.63) is 73.4 Å². The fraction of sp³-hybridized carbons (Fsp3) is 0. The molecule has 0 saturated carbocycles. The number of fused-ring (bicyclic) bond motifs is 1. The molecular formula is C18H12N4. The van der Waals surface area contributed by atoms with E-state index in [9.17, 15) is 0 Å². The van der Waals surface area contributed by atoms with Gasteiger partial charge in [0.15, 0.2) is 0 Å². The first kappa shape index (κ1) is 12.6.